The number of imidazole rings is 2. The molecule has 0 atom stereocenters. The Morgan fingerprint density at radius 1 is 1.20 bits per heavy atom. The van der Waals surface area contributed by atoms with Gasteiger partial charge >= 0.3 is 0 Å². The molecule has 11 heteroatoms. The number of hydrogen-bond donors (Lipinski definition) is 2. The normalized spacial score (nSPS) is 11.2. The molecule has 30 heavy (non-hydrogen) atoms. The Morgan fingerprint density at radius 2 is 2.03 bits per heavy atom. The lowest BCUT2D eigenvalue weighted by atomic mass is 10.2. The molecule has 0 bridgehead atoms. The molecule has 7 nitrogen and oxygen atoms in total. The van der Waals surface area contributed by atoms with Crippen LogP contribution in [0, 0.1) is 11.6 Å². The summed E-state index contributed by atoms with van der Waals surface area (Å²) in [5.74, 6) is -1.64. The summed E-state index contributed by atoms with van der Waals surface area (Å²) in [6.07, 6.45) is 3.57. The summed E-state index contributed by atoms with van der Waals surface area (Å²) in [5.41, 5.74) is 1.00. The Bertz CT molecular complexity index is 1240. The number of carbonyl (C=O) groups excluding carboxylic acids is 1. The van der Waals surface area contributed by atoms with Gasteiger partial charge in [0.2, 0.25) is 0 Å². The zero-order valence-electron chi connectivity index (χ0n) is 15.3. The molecule has 0 radical (unpaired) electrons. The third kappa shape index (κ3) is 3.99. The van der Waals surface area contributed by atoms with Crippen molar-refractivity contribution in [2.45, 2.75) is 13.0 Å². The van der Waals surface area contributed by atoms with Crippen molar-refractivity contribution in [3.63, 3.8) is 0 Å². The van der Waals surface area contributed by atoms with Crippen molar-refractivity contribution in [3.05, 3.63) is 64.3 Å². The number of nitrogens with one attached hydrogen (secondary N) is 2. The topological polar surface area (TPSA) is 88.5 Å². The van der Waals surface area contributed by atoms with Crippen LogP contribution in [-0.2, 0) is 6.54 Å². The lowest BCUT2D eigenvalue weighted by Gasteiger charge is -2.07. The predicted molar refractivity (Wildman–Crippen MR) is 108 cm³/mol. The number of benzene rings is 1. The van der Waals surface area contributed by atoms with Crippen LogP contribution in [0.5, 0.6) is 0 Å². The lowest BCUT2D eigenvalue weighted by Crippen LogP contribution is -2.25. The highest BCUT2D eigenvalue weighted by atomic mass is 35.5. The van der Waals surface area contributed by atoms with Crippen LogP contribution in [0.25, 0.3) is 22.6 Å². The van der Waals surface area contributed by atoms with Gasteiger partial charge in [0.1, 0.15) is 22.6 Å². The second-order valence-electron chi connectivity index (χ2n) is 6.40. The number of nitrogens with zero attached hydrogens (tertiary/aromatic N) is 4. The third-order valence-electron chi connectivity index (χ3n) is 4.42. The molecule has 154 valence electrons. The van der Waals surface area contributed by atoms with E-state index in [0.717, 1.165) is 12.1 Å². The van der Waals surface area contributed by atoms with E-state index in [1.54, 1.807) is 4.57 Å². The van der Waals surface area contributed by atoms with Gasteiger partial charge in [-0.05, 0) is 24.6 Å². The molecule has 4 rings (SSSR count). The summed E-state index contributed by atoms with van der Waals surface area (Å²) in [6.45, 7) is 0.908. The number of aromatic nitrogens is 5. The highest BCUT2D eigenvalue weighted by Crippen LogP contribution is 2.24. The van der Waals surface area contributed by atoms with Crippen molar-refractivity contribution < 1.29 is 13.6 Å². The van der Waals surface area contributed by atoms with Gasteiger partial charge in [-0.1, -0.05) is 23.2 Å². The average Bonchev–Trinajstić information content (AvgIpc) is 3.29. The summed E-state index contributed by atoms with van der Waals surface area (Å²) in [4.78, 5) is 27.7. The van der Waals surface area contributed by atoms with Crippen LogP contribution in [0.2, 0.25) is 10.3 Å². The molecule has 0 spiro atoms. The van der Waals surface area contributed by atoms with Crippen LogP contribution in [-0.4, -0.2) is 37.0 Å². The van der Waals surface area contributed by atoms with Gasteiger partial charge in [-0.2, -0.15) is 0 Å². The molecule has 0 aliphatic heterocycles. The van der Waals surface area contributed by atoms with Crippen molar-refractivity contribution in [1.82, 2.24) is 29.8 Å². The van der Waals surface area contributed by atoms with Crippen LogP contribution in [0.3, 0.4) is 0 Å². The smallest absolute Gasteiger partial charge is 0.253 e. The number of aromatic amines is 1. The van der Waals surface area contributed by atoms with Gasteiger partial charge in [-0.3, -0.25) is 4.79 Å². The minimum atomic E-state index is -0.765. The number of fused-ring (bicyclic) bond motifs is 1. The number of H-pyrrole nitrogens is 1. The highest BCUT2D eigenvalue weighted by Gasteiger charge is 2.17. The van der Waals surface area contributed by atoms with Gasteiger partial charge in [0.15, 0.2) is 10.8 Å². The van der Waals surface area contributed by atoms with E-state index in [9.17, 15) is 13.6 Å². The fraction of sp³-hybridized carbons (Fsp3) is 0.158. The molecule has 1 aromatic carbocycles. The molecule has 3 heterocycles. The van der Waals surface area contributed by atoms with Gasteiger partial charge in [-0.25, -0.2) is 23.7 Å². The summed E-state index contributed by atoms with van der Waals surface area (Å²) >= 11 is 11.8. The number of carbonyl (C=O) groups is 1. The van der Waals surface area contributed by atoms with Gasteiger partial charge in [0, 0.05) is 25.4 Å². The van der Waals surface area contributed by atoms with Crippen molar-refractivity contribution in [1.29, 1.82) is 0 Å². The Balaban J connectivity index is 1.48. The number of aryl methyl sites for hydroxylation is 1. The quantitative estimate of drug-likeness (QED) is 0.430. The van der Waals surface area contributed by atoms with Crippen LogP contribution in [0.15, 0.2) is 36.8 Å². The first-order chi connectivity index (χ1) is 14.4. The summed E-state index contributed by atoms with van der Waals surface area (Å²) in [6, 6.07) is 4.71. The van der Waals surface area contributed by atoms with Crippen LogP contribution in [0.4, 0.5) is 8.78 Å². The van der Waals surface area contributed by atoms with E-state index in [4.69, 9.17) is 23.2 Å². The molecule has 2 N–H and O–H groups in total. The number of hydrogen-bond acceptors (Lipinski definition) is 4. The maximum atomic E-state index is 14.1. The average molecular weight is 451 g/mol. The van der Waals surface area contributed by atoms with Gasteiger partial charge in [-0.15, -0.1) is 0 Å². The molecule has 4 aromatic rings. The fourth-order valence-corrected chi connectivity index (χ4v) is 3.28. The monoisotopic (exact) mass is 450 g/mol. The lowest BCUT2D eigenvalue weighted by molar-refractivity contribution is 0.0954. The third-order valence-corrected chi connectivity index (χ3v) is 5.19. The maximum Gasteiger partial charge on any atom is 0.253 e. The SMILES string of the molecule is O=C(NCCCn1cnc(Cl)c1Cl)c1ccnc2nc(-c3ccc(F)cc3F)[nH]c12. The number of halogens is 4. The van der Waals surface area contributed by atoms with Crippen LogP contribution < -0.4 is 5.32 Å². The minimum absolute atomic E-state index is 0.0802. The van der Waals surface area contributed by atoms with E-state index >= 15 is 0 Å². The Morgan fingerprint density at radius 3 is 2.77 bits per heavy atom. The first-order valence-corrected chi connectivity index (χ1v) is 9.64. The maximum absolute atomic E-state index is 14.1. The zero-order valence-corrected chi connectivity index (χ0v) is 16.8. The van der Waals surface area contributed by atoms with Crippen LogP contribution in [0.1, 0.15) is 16.8 Å². The first-order valence-electron chi connectivity index (χ1n) is 8.88. The second-order valence-corrected chi connectivity index (χ2v) is 7.11. The number of amides is 1. The molecule has 0 aliphatic carbocycles. The van der Waals surface area contributed by atoms with Crippen LogP contribution >= 0.6 is 23.2 Å². The zero-order chi connectivity index (χ0) is 21.3. The molecule has 1 amide bonds. The number of rotatable bonds is 6. The van der Waals surface area contributed by atoms with Crippen molar-refractivity contribution in [3.8, 4) is 11.4 Å². The van der Waals surface area contributed by atoms with E-state index in [1.165, 1.54) is 24.7 Å². The van der Waals surface area contributed by atoms with E-state index in [1.807, 2.05) is 0 Å². The van der Waals surface area contributed by atoms with E-state index in [0.29, 0.717) is 35.7 Å². The largest absolute Gasteiger partial charge is 0.352 e. The van der Waals surface area contributed by atoms with Crippen molar-refractivity contribution in [2.24, 2.45) is 0 Å². The van der Waals surface area contributed by atoms with E-state index < -0.39 is 11.6 Å². The molecule has 0 saturated carbocycles. The van der Waals surface area contributed by atoms with Gasteiger partial charge < -0.3 is 14.9 Å². The van der Waals surface area contributed by atoms with E-state index in [-0.39, 0.29) is 28.1 Å². The molecule has 0 saturated heterocycles. The minimum Gasteiger partial charge on any atom is -0.352 e. The predicted octanol–water partition coefficient (Wildman–Crippen LogP) is 4.23. The van der Waals surface area contributed by atoms with Gasteiger partial charge in [0.25, 0.3) is 5.91 Å². The molecular weight excluding hydrogens is 437 g/mol. The highest BCUT2D eigenvalue weighted by molar-refractivity contribution is 6.40. The standard InChI is InChI=1S/C19H14Cl2F2N6O/c20-15-16(21)29(9-26-15)7-1-5-25-19(30)12-4-6-24-18-14(12)27-17(28-18)11-3-2-10(22)8-13(11)23/h2-4,6,8-9H,1,5,7H2,(H,25,30)(H,24,27,28). The Labute approximate surface area is 179 Å². The summed E-state index contributed by atoms with van der Waals surface area (Å²) in [5, 5.41) is 3.38. The number of pyridine rings is 1. The first kappa shape index (κ1) is 20.2. The molecule has 0 aliphatic rings. The fourth-order valence-electron chi connectivity index (χ4n) is 2.95. The van der Waals surface area contributed by atoms with Crippen molar-refractivity contribution >= 4 is 40.3 Å². The molecule has 3 aromatic heterocycles. The molecule has 0 unspecified atom stereocenters. The Hall–Kier alpha value is -3.04. The molecule has 0 fully saturated rings. The molecular formula is C19H14Cl2F2N6O. The van der Waals surface area contributed by atoms with Crippen molar-refractivity contribution in [2.75, 3.05) is 6.54 Å². The summed E-state index contributed by atoms with van der Waals surface area (Å²) < 4.78 is 28.9. The van der Waals surface area contributed by atoms with E-state index in [2.05, 4.69) is 25.3 Å². The second kappa shape index (κ2) is 8.37. The Kier molecular flexibility index (Phi) is 5.65. The summed E-state index contributed by atoms with van der Waals surface area (Å²) in [7, 11) is 0. The van der Waals surface area contributed by atoms with Gasteiger partial charge in [0.05, 0.1) is 23.0 Å².